The Kier molecular flexibility index (Phi) is 6.68. The van der Waals surface area contributed by atoms with Crippen molar-refractivity contribution in [2.24, 2.45) is 0 Å². The van der Waals surface area contributed by atoms with Crippen molar-refractivity contribution in [1.29, 1.82) is 0 Å². The highest BCUT2D eigenvalue weighted by Crippen LogP contribution is 2.26. The zero-order chi connectivity index (χ0) is 24.1. The molecular weight excluding hydrogens is 436 g/mol. The van der Waals surface area contributed by atoms with Crippen molar-refractivity contribution >= 4 is 23.7 Å². The van der Waals surface area contributed by atoms with Gasteiger partial charge >= 0.3 is 5.97 Å². The van der Waals surface area contributed by atoms with Gasteiger partial charge in [0.05, 0.1) is 30.3 Å². The lowest BCUT2D eigenvalue weighted by Crippen LogP contribution is -2.29. The molecule has 1 heterocycles. The number of benzene rings is 3. The molecule has 1 aliphatic heterocycles. The van der Waals surface area contributed by atoms with E-state index in [1.54, 1.807) is 19.2 Å². The van der Waals surface area contributed by atoms with E-state index in [-0.39, 0.29) is 29.8 Å². The number of amides is 3. The molecule has 0 atom stereocenters. The fraction of sp³-hybridized carbons (Fsp3) is 0.154. The molecule has 8 nitrogen and oxygen atoms in total. The van der Waals surface area contributed by atoms with Gasteiger partial charge in [0.15, 0.2) is 6.61 Å². The van der Waals surface area contributed by atoms with Gasteiger partial charge in [0.1, 0.15) is 5.75 Å². The molecule has 4 rings (SSSR count). The summed E-state index contributed by atoms with van der Waals surface area (Å²) in [4.78, 5) is 51.1. The van der Waals surface area contributed by atoms with Crippen LogP contribution in [0.1, 0.15) is 42.2 Å². The lowest BCUT2D eigenvalue weighted by atomic mass is 10.1. The van der Waals surface area contributed by atoms with Crippen LogP contribution in [-0.2, 0) is 22.6 Å². The predicted molar refractivity (Wildman–Crippen MR) is 122 cm³/mol. The Morgan fingerprint density at radius 3 is 2.26 bits per heavy atom. The summed E-state index contributed by atoms with van der Waals surface area (Å²) in [6, 6.07) is 20.5. The number of nitrogens with zero attached hydrogens (tertiary/aromatic N) is 1. The van der Waals surface area contributed by atoms with Crippen molar-refractivity contribution in [3.63, 3.8) is 0 Å². The Morgan fingerprint density at radius 1 is 0.853 bits per heavy atom. The molecule has 0 bridgehead atoms. The largest absolute Gasteiger partial charge is 0.497 e. The Balaban J connectivity index is 1.34. The van der Waals surface area contributed by atoms with Crippen molar-refractivity contribution in [3.8, 4) is 5.75 Å². The van der Waals surface area contributed by atoms with Crippen LogP contribution in [0.2, 0.25) is 0 Å². The van der Waals surface area contributed by atoms with Crippen molar-refractivity contribution < 1.29 is 28.7 Å². The predicted octanol–water partition coefficient (Wildman–Crippen LogP) is 2.96. The number of hydrogen-bond donors (Lipinski definition) is 1. The van der Waals surface area contributed by atoms with Crippen LogP contribution in [0.4, 0.5) is 0 Å². The van der Waals surface area contributed by atoms with Crippen LogP contribution in [0.25, 0.3) is 0 Å². The number of imide groups is 1. The fourth-order valence-electron chi connectivity index (χ4n) is 3.54. The maximum Gasteiger partial charge on any atom is 0.338 e. The van der Waals surface area contributed by atoms with E-state index in [0.717, 1.165) is 16.0 Å². The van der Waals surface area contributed by atoms with Crippen LogP contribution in [0.5, 0.6) is 5.75 Å². The van der Waals surface area contributed by atoms with Gasteiger partial charge in [0.2, 0.25) is 0 Å². The van der Waals surface area contributed by atoms with E-state index in [2.05, 4.69) is 5.32 Å². The number of esters is 1. The molecule has 0 unspecified atom stereocenters. The minimum atomic E-state index is -0.760. The summed E-state index contributed by atoms with van der Waals surface area (Å²) in [6.45, 7) is -0.0620. The first-order valence-electron chi connectivity index (χ1n) is 10.6. The number of carbonyl (C=O) groups is 4. The molecule has 0 spiro atoms. The number of carbonyl (C=O) groups excluding carboxylic acids is 4. The first-order valence-corrected chi connectivity index (χ1v) is 10.6. The standard InChI is InChI=1S/C26H22N2O6/c1-33-20-10-7-17(8-11-20)14-27-23(29)16-34-26(32)19-9-12-21-22(13-19)25(31)28(24(21)30)15-18-5-3-2-4-6-18/h2-13H,14-16H2,1H3,(H,27,29). The van der Waals surface area contributed by atoms with Crippen LogP contribution >= 0.6 is 0 Å². The lowest BCUT2D eigenvalue weighted by molar-refractivity contribution is -0.124. The Morgan fingerprint density at radius 2 is 1.56 bits per heavy atom. The van der Waals surface area contributed by atoms with Crippen molar-refractivity contribution in [1.82, 2.24) is 10.2 Å². The average molecular weight is 458 g/mol. The van der Waals surface area contributed by atoms with Crippen LogP contribution in [0, 0.1) is 0 Å². The molecule has 172 valence electrons. The third-order valence-electron chi connectivity index (χ3n) is 5.37. The summed E-state index contributed by atoms with van der Waals surface area (Å²) in [7, 11) is 1.57. The van der Waals surface area contributed by atoms with Crippen LogP contribution < -0.4 is 10.1 Å². The van der Waals surface area contributed by atoms with Gasteiger partial charge in [-0.15, -0.1) is 0 Å². The van der Waals surface area contributed by atoms with E-state index in [4.69, 9.17) is 9.47 Å². The molecule has 3 aromatic carbocycles. The van der Waals surface area contributed by atoms with Gasteiger partial charge in [0, 0.05) is 6.54 Å². The highest BCUT2D eigenvalue weighted by Gasteiger charge is 2.36. The molecule has 0 saturated carbocycles. The quantitative estimate of drug-likeness (QED) is 0.411. The molecule has 0 radical (unpaired) electrons. The number of fused-ring (bicyclic) bond motifs is 1. The summed E-state index contributed by atoms with van der Waals surface area (Å²) in [5, 5.41) is 2.66. The van der Waals surface area contributed by atoms with Gasteiger partial charge in [-0.05, 0) is 41.5 Å². The van der Waals surface area contributed by atoms with Crippen molar-refractivity contribution in [2.45, 2.75) is 13.1 Å². The van der Waals surface area contributed by atoms with Gasteiger partial charge < -0.3 is 14.8 Å². The summed E-state index contributed by atoms with van der Waals surface area (Å²) < 4.78 is 10.2. The normalized spacial score (nSPS) is 12.3. The maximum atomic E-state index is 12.8. The van der Waals surface area contributed by atoms with E-state index in [0.29, 0.717) is 5.75 Å². The van der Waals surface area contributed by atoms with Crippen LogP contribution in [0.3, 0.4) is 0 Å². The number of methoxy groups -OCH3 is 1. The summed E-state index contributed by atoms with van der Waals surface area (Å²) >= 11 is 0. The minimum absolute atomic E-state index is 0.0874. The third-order valence-corrected chi connectivity index (χ3v) is 5.37. The smallest absolute Gasteiger partial charge is 0.338 e. The van der Waals surface area contributed by atoms with Gasteiger partial charge in [-0.3, -0.25) is 19.3 Å². The molecule has 0 fully saturated rings. The van der Waals surface area contributed by atoms with E-state index in [9.17, 15) is 19.2 Å². The number of rotatable bonds is 8. The topological polar surface area (TPSA) is 102 Å². The molecule has 0 aromatic heterocycles. The van der Waals surface area contributed by atoms with E-state index < -0.39 is 30.3 Å². The Hall–Kier alpha value is -4.46. The van der Waals surface area contributed by atoms with E-state index >= 15 is 0 Å². The zero-order valence-electron chi connectivity index (χ0n) is 18.4. The molecule has 1 aliphatic rings. The van der Waals surface area contributed by atoms with Gasteiger partial charge in [-0.2, -0.15) is 0 Å². The monoisotopic (exact) mass is 458 g/mol. The van der Waals surface area contributed by atoms with Gasteiger partial charge in [-0.1, -0.05) is 42.5 Å². The van der Waals surface area contributed by atoms with E-state index in [1.807, 2.05) is 42.5 Å². The first kappa shape index (κ1) is 22.7. The van der Waals surface area contributed by atoms with Crippen LogP contribution in [-0.4, -0.2) is 42.3 Å². The van der Waals surface area contributed by atoms with Crippen molar-refractivity contribution in [2.75, 3.05) is 13.7 Å². The number of ether oxygens (including phenoxy) is 2. The van der Waals surface area contributed by atoms with Crippen molar-refractivity contribution in [3.05, 3.63) is 101 Å². The summed E-state index contributed by atoms with van der Waals surface area (Å²) in [5.74, 6) is -1.41. The molecule has 8 heteroatoms. The molecule has 3 aromatic rings. The van der Waals surface area contributed by atoms with E-state index in [1.165, 1.54) is 18.2 Å². The average Bonchev–Trinajstić information content (AvgIpc) is 3.11. The van der Waals surface area contributed by atoms with Gasteiger partial charge in [0.25, 0.3) is 17.7 Å². The second-order valence-electron chi connectivity index (χ2n) is 7.64. The highest BCUT2D eigenvalue weighted by molar-refractivity contribution is 6.21. The first-order chi connectivity index (χ1) is 16.5. The second-order valence-corrected chi connectivity index (χ2v) is 7.64. The summed E-state index contributed by atoms with van der Waals surface area (Å²) in [6.07, 6.45) is 0. The number of hydrogen-bond acceptors (Lipinski definition) is 6. The second kappa shape index (κ2) is 9.99. The fourth-order valence-corrected chi connectivity index (χ4v) is 3.54. The third kappa shape index (κ3) is 4.96. The molecule has 1 N–H and O–H groups in total. The molecular formula is C26H22N2O6. The SMILES string of the molecule is COc1ccc(CNC(=O)COC(=O)c2ccc3c(c2)C(=O)N(Cc2ccccc2)C3=O)cc1. The maximum absolute atomic E-state index is 12.8. The number of nitrogens with one attached hydrogen (secondary N) is 1. The highest BCUT2D eigenvalue weighted by atomic mass is 16.5. The lowest BCUT2D eigenvalue weighted by Gasteiger charge is -2.13. The molecule has 3 amide bonds. The minimum Gasteiger partial charge on any atom is -0.497 e. The molecule has 34 heavy (non-hydrogen) atoms. The Bertz CT molecular complexity index is 1240. The molecule has 0 saturated heterocycles. The van der Waals surface area contributed by atoms with Crippen LogP contribution in [0.15, 0.2) is 72.8 Å². The molecule has 0 aliphatic carbocycles. The van der Waals surface area contributed by atoms with Gasteiger partial charge in [-0.25, -0.2) is 4.79 Å². The Labute approximate surface area is 196 Å². The summed E-state index contributed by atoms with van der Waals surface area (Å²) in [5.41, 5.74) is 2.14. The zero-order valence-corrected chi connectivity index (χ0v) is 18.4.